The Morgan fingerprint density at radius 2 is 1.88 bits per heavy atom. The molecule has 0 bridgehead atoms. The minimum atomic E-state index is -0.207. The summed E-state index contributed by atoms with van der Waals surface area (Å²) in [6.07, 6.45) is 0. The van der Waals surface area contributed by atoms with Crippen LogP contribution in [-0.2, 0) is 4.79 Å². The molecular weight excluding hydrogens is 472 g/mol. The smallest absolute Gasteiger partial charge is 0.244 e. The Morgan fingerprint density at radius 3 is 2.53 bits per heavy atom. The van der Waals surface area contributed by atoms with E-state index >= 15 is 0 Å². The van der Waals surface area contributed by atoms with Crippen molar-refractivity contribution >= 4 is 50.4 Å². The highest BCUT2D eigenvalue weighted by atomic mass is 35.5. The molecule has 2 heterocycles. The number of para-hydroxylation sites is 1. The lowest BCUT2D eigenvalue weighted by Gasteiger charge is -2.22. The van der Waals surface area contributed by atoms with Gasteiger partial charge in [-0.1, -0.05) is 35.1 Å². The largest absolute Gasteiger partial charge is 0.497 e. The van der Waals surface area contributed by atoms with Gasteiger partial charge in [-0.25, -0.2) is 4.98 Å². The summed E-state index contributed by atoms with van der Waals surface area (Å²) in [6.45, 7) is 6.38. The van der Waals surface area contributed by atoms with E-state index in [4.69, 9.17) is 26.4 Å². The summed E-state index contributed by atoms with van der Waals surface area (Å²) in [7, 11) is 3.47. The van der Waals surface area contributed by atoms with E-state index in [1.165, 1.54) is 11.3 Å². The molecule has 0 radical (unpaired) electrons. The van der Waals surface area contributed by atoms with Crippen molar-refractivity contribution in [3.8, 4) is 17.0 Å². The standard InChI is InChI=1S/C24H27ClN6O2S/c1-24(2,3)28-21-20(15-10-12-16(33-5)13-11-15)27-22-31(21)29-23(34-22)30(4)14-19(32)26-18-9-7-6-8-17(18)25/h6-13,28H,14H2,1-5H3,(H,26,32). The van der Waals surface area contributed by atoms with Crippen LogP contribution in [0, 0.1) is 0 Å². The number of halogens is 1. The number of rotatable bonds is 7. The molecule has 34 heavy (non-hydrogen) atoms. The Kier molecular flexibility index (Phi) is 6.67. The zero-order valence-electron chi connectivity index (χ0n) is 19.7. The van der Waals surface area contributed by atoms with Crippen LogP contribution in [-0.4, -0.2) is 46.7 Å². The van der Waals surface area contributed by atoms with Gasteiger partial charge >= 0.3 is 0 Å². The van der Waals surface area contributed by atoms with Gasteiger partial charge in [0.25, 0.3) is 0 Å². The average molecular weight is 499 g/mol. The van der Waals surface area contributed by atoms with Crippen LogP contribution in [0.2, 0.25) is 5.02 Å². The SMILES string of the molecule is COc1ccc(-c2nc3sc(N(C)CC(=O)Nc4ccccc4Cl)nn3c2NC(C)(C)C)cc1. The van der Waals surface area contributed by atoms with Gasteiger partial charge in [-0.05, 0) is 57.2 Å². The third-order valence-electron chi connectivity index (χ3n) is 4.90. The second-order valence-corrected chi connectivity index (χ2v) is 10.2. The van der Waals surface area contributed by atoms with Crippen molar-refractivity contribution in [2.75, 3.05) is 36.2 Å². The van der Waals surface area contributed by atoms with Crippen LogP contribution < -0.4 is 20.3 Å². The molecule has 10 heteroatoms. The Bertz CT molecular complexity index is 1310. The van der Waals surface area contributed by atoms with Gasteiger partial charge in [0.15, 0.2) is 5.82 Å². The number of likely N-dealkylation sites (N-methyl/N-ethyl adjacent to an activating group) is 1. The number of nitrogens with zero attached hydrogens (tertiary/aromatic N) is 4. The molecule has 0 unspecified atom stereocenters. The van der Waals surface area contributed by atoms with E-state index in [0.717, 1.165) is 27.8 Å². The molecule has 8 nitrogen and oxygen atoms in total. The topological polar surface area (TPSA) is 83.8 Å². The van der Waals surface area contributed by atoms with Crippen LogP contribution in [0.15, 0.2) is 48.5 Å². The highest BCUT2D eigenvalue weighted by molar-refractivity contribution is 7.20. The van der Waals surface area contributed by atoms with Crippen LogP contribution in [0.25, 0.3) is 16.2 Å². The Balaban J connectivity index is 1.61. The maximum absolute atomic E-state index is 12.6. The Labute approximate surface area is 207 Å². The Hall–Kier alpha value is -3.30. The first-order valence-electron chi connectivity index (χ1n) is 10.7. The number of hydrogen-bond donors (Lipinski definition) is 2. The molecule has 1 amide bonds. The van der Waals surface area contributed by atoms with Gasteiger partial charge in [-0.3, -0.25) is 4.79 Å². The molecule has 0 aliphatic carbocycles. The lowest BCUT2D eigenvalue weighted by molar-refractivity contribution is -0.114. The third kappa shape index (κ3) is 5.26. The highest BCUT2D eigenvalue weighted by Gasteiger charge is 2.23. The van der Waals surface area contributed by atoms with Gasteiger partial charge in [0.05, 0.1) is 24.4 Å². The lowest BCUT2D eigenvalue weighted by atomic mass is 10.1. The van der Waals surface area contributed by atoms with E-state index in [1.807, 2.05) is 43.4 Å². The molecule has 0 saturated carbocycles. The first kappa shape index (κ1) is 23.8. The molecule has 178 valence electrons. The van der Waals surface area contributed by atoms with Crippen LogP contribution in [0.5, 0.6) is 5.75 Å². The molecule has 0 saturated heterocycles. The average Bonchev–Trinajstić information content (AvgIpc) is 3.34. The van der Waals surface area contributed by atoms with Crippen molar-refractivity contribution in [2.45, 2.75) is 26.3 Å². The molecule has 2 N–H and O–H groups in total. The number of anilines is 3. The number of carbonyl (C=O) groups excluding carboxylic acids is 1. The van der Waals surface area contributed by atoms with E-state index < -0.39 is 0 Å². The Morgan fingerprint density at radius 1 is 1.18 bits per heavy atom. The molecule has 0 spiro atoms. The maximum atomic E-state index is 12.6. The molecular formula is C24H27ClN6O2S. The molecule has 2 aromatic carbocycles. The van der Waals surface area contributed by atoms with Crippen LogP contribution in [0.3, 0.4) is 0 Å². The monoisotopic (exact) mass is 498 g/mol. The van der Waals surface area contributed by atoms with E-state index in [9.17, 15) is 4.79 Å². The summed E-state index contributed by atoms with van der Waals surface area (Å²) in [5.74, 6) is 1.40. The van der Waals surface area contributed by atoms with E-state index in [0.29, 0.717) is 15.8 Å². The predicted molar refractivity (Wildman–Crippen MR) is 140 cm³/mol. The van der Waals surface area contributed by atoms with Crippen molar-refractivity contribution in [3.63, 3.8) is 0 Å². The lowest BCUT2D eigenvalue weighted by Crippen LogP contribution is -2.30. The van der Waals surface area contributed by atoms with Crippen molar-refractivity contribution in [2.24, 2.45) is 0 Å². The summed E-state index contributed by atoms with van der Waals surface area (Å²) in [5, 5.41) is 12.3. The number of hydrogen-bond acceptors (Lipinski definition) is 7. The normalized spacial score (nSPS) is 11.5. The quantitative estimate of drug-likeness (QED) is 0.354. The van der Waals surface area contributed by atoms with Gasteiger partial charge in [0.1, 0.15) is 11.4 Å². The summed E-state index contributed by atoms with van der Waals surface area (Å²) in [4.78, 5) is 19.9. The highest BCUT2D eigenvalue weighted by Crippen LogP contribution is 2.35. The number of ether oxygens (including phenoxy) is 1. The van der Waals surface area contributed by atoms with Crippen LogP contribution in [0.4, 0.5) is 16.6 Å². The van der Waals surface area contributed by atoms with Gasteiger partial charge in [-0.15, -0.1) is 5.10 Å². The van der Waals surface area contributed by atoms with Gasteiger partial charge < -0.3 is 20.3 Å². The number of carbonyl (C=O) groups is 1. The fraction of sp³-hybridized carbons (Fsp3) is 0.292. The molecule has 0 fully saturated rings. The van der Waals surface area contributed by atoms with Crippen LogP contribution in [0.1, 0.15) is 20.8 Å². The predicted octanol–water partition coefficient (Wildman–Crippen LogP) is 5.41. The first-order chi connectivity index (χ1) is 16.1. The number of nitrogens with one attached hydrogen (secondary N) is 2. The fourth-order valence-electron chi connectivity index (χ4n) is 3.35. The number of imidazole rings is 1. The van der Waals surface area contributed by atoms with E-state index in [-0.39, 0.29) is 18.0 Å². The fourth-order valence-corrected chi connectivity index (χ4v) is 4.39. The minimum absolute atomic E-state index is 0.120. The number of aromatic nitrogens is 3. The van der Waals surface area contributed by atoms with Gasteiger partial charge in [-0.2, -0.15) is 4.52 Å². The number of amides is 1. The van der Waals surface area contributed by atoms with Crippen molar-refractivity contribution in [1.82, 2.24) is 14.6 Å². The molecule has 4 rings (SSSR count). The van der Waals surface area contributed by atoms with Crippen molar-refractivity contribution < 1.29 is 9.53 Å². The zero-order valence-corrected chi connectivity index (χ0v) is 21.3. The summed E-state index contributed by atoms with van der Waals surface area (Å²) in [6, 6.07) is 14.9. The molecule has 4 aromatic rings. The maximum Gasteiger partial charge on any atom is 0.244 e. The number of methoxy groups -OCH3 is 1. The van der Waals surface area contributed by atoms with Gasteiger partial charge in [0.2, 0.25) is 16.0 Å². The van der Waals surface area contributed by atoms with Crippen molar-refractivity contribution in [3.05, 3.63) is 53.6 Å². The van der Waals surface area contributed by atoms with Crippen LogP contribution >= 0.6 is 22.9 Å². The second kappa shape index (κ2) is 9.52. The zero-order chi connectivity index (χ0) is 24.5. The van der Waals surface area contributed by atoms with E-state index in [2.05, 4.69) is 31.4 Å². The first-order valence-corrected chi connectivity index (χ1v) is 11.9. The summed E-state index contributed by atoms with van der Waals surface area (Å²) < 4.78 is 7.08. The van der Waals surface area contributed by atoms with Gasteiger partial charge in [0, 0.05) is 18.2 Å². The molecule has 2 aromatic heterocycles. The van der Waals surface area contributed by atoms with Crippen molar-refractivity contribution in [1.29, 1.82) is 0 Å². The number of fused-ring (bicyclic) bond motifs is 1. The van der Waals surface area contributed by atoms with E-state index in [1.54, 1.807) is 28.7 Å². The minimum Gasteiger partial charge on any atom is -0.497 e. The molecule has 0 aliphatic heterocycles. The number of benzene rings is 2. The molecule has 0 aliphatic rings. The summed E-state index contributed by atoms with van der Waals surface area (Å²) >= 11 is 7.56. The second-order valence-electron chi connectivity index (χ2n) is 8.88. The summed E-state index contributed by atoms with van der Waals surface area (Å²) in [5.41, 5.74) is 2.14. The third-order valence-corrected chi connectivity index (χ3v) is 6.26. The molecule has 0 atom stereocenters.